The van der Waals surface area contributed by atoms with Gasteiger partial charge in [-0.25, -0.2) is 0 Å². The number of hydrogen-bond acceptors (Lipinski definition) is 0. The summed E-state index contributed by atoms with van der Waals surface area (Å²) in [5.41, 5.74) is 3.55. The van der Waals surface area contributed by atoms with Crippen LogP contribution < -0.4 is 0 Å². The van der Waals surface area contributed by atoms with Crippen LogP contribution in [0, 0.1) is 17.4 Å². The van der Waals surface area contributed by atoms with Gasteiger partial charge in [-0.3, -0.25) is 0 Å². The Kier molecular flexibility index (Phi) is 2.40. The zero-order chi connectivity index (χ0) is 9.41. The highest BCUT2D eigenvalue weighted by atomic mass is 28.3. The normalized spacial score (nSPS) is 18.4. The molecular formula is C11H20Si. The van der Waals surface area contributed by atoms with Crippen LogP contribution >= 0.6 is 0 Å². The first kappa shape index (κ1) is 9.86. The van der Waals surface area contributed by atoms with Gasteiger partial charge in [0, 0.05) is 5.92 Å². The van der Waals surface area contributed by atoms with Gasteiger partial charge in [0.15, 0.2) is 0 Å². The Morgan fingerprint density at radius 2 is 1.67 bits per heavy atom. The molecule has 1 aliphatic rings. The Morgan fingerprint density at radius 1 is 1.17 bits per heavy atom. The molecular weight excluding hydrogens is 160 g/mol. The van der Waals surface area contributed by atoms with E-state index in [1.54, 1.807) is 0 Å². The molecule has 0 heterocycles. The van der Waals surface area contributed by atoms with Crippen molar-refractivity contribution in [1.82, 2.24) is 0 Å². The van der Waals surface area contributed by atoms with Gasteiger partial charge in [0.1, 0.15) is 8.07 Å². The van der Waals surface area contributed by atoms with Crippen molar-refractivity contribution in [2.24, 2.45) is 5.92 Å². The summed E-state index contributed by atoms with van der Waals surface area (Å²) in [5.74, 6) is 4.18. The van der Waals surface area contributed by atoms with Gasteiger partial charge in [-0.05, 0) is 17.9 Å². The molecule has 1 fully saturated rings. The van der Waals surface area contributed by atoms with Crippen molar-refractivity contribution in [1.29, 1.82) is 0 Å². The molecule has 0 bridgehead atoms. The Balaban J connectivity index is 2.65. The Morgan fingerprint density at radius 3 is 2.00 bits per heavy atom. The molecule has 1 heteroatoms. The summed E-state index contributed by atoms with van der Waals surface area (Å²) in [4.78, 5) is 0. The van der Waals surface area contributed by atoms with Gasteiger partial charge in [-0.15, -0.1) is 11.5 Å². The van der Waals surface area contributed by atoms with Crippen LogP contribution in [0.3, 0.4) is 0 Å². The molecule has 0 aromatic carbocycles. The lowest BCUT2D eigenvalue weighted by Crippen LogP contribution is -2.35. The first-order valence-corrected chi connectivity index (χ1v) is 7.86. The van der Waals surface area contributed by atoms with E-state index in [1.165, 1.54) is 12.8 Å². The molecule has 0 unspecified atom stereocenters. The monoisotopic (exact) mass is 180 g/mol. The van der Waals surface area contributed by atoms with E-state index in [9.17, 15) is 0 Å². The molecule has 1 rings (SSSR count). The Hall–Kier alpha value is -0.223. The molecule has 0 saturated heterocycles. The maximum absolute atomic E-state index is 3.55. The molecule has 0 amide bonds. The Labute approximate surface area is 77.8 Å². The average Bonchev–Trinajstić information content (AvgIpc) is 2.62. The van der Waals surface area contributed by atoms with Crippen molar-refractivity contribution >= 4 is 8.07 Å². The lowest BCUT2D eigenvalue weighted by atomic mass is 10.2. The summed E-state index contributed by atoms with van der Waals surface area (Å²) < 4.78 is 0. The second-order valence-corrected chi connectivity index (χ2v) is 10.4. The molecule has 12 heavy (non-hydrogen) atoms. The first-order valence-electron chi connectivity index (χ1n) is 4.86. The van der Waals surface area contributed by atoms with E-state index in [0.29, 0.717) is 5.04 Å². The average molecular weight is 180 g/mol. The SMILES string of the molecule is CC(C)(C)[Si](C)(C)C#CC1CC1. The van der Waals surface area contributed by atoms with Crippen LogP contribution in [0.1, 0.15) is 33.6 Å². The summed E-state index contributed by atoms with van der Waals surface area (Å²) in [6.07, 6.45) is 2.70. The molecule has 0 aromatic rings. The molecule has 0 N–H and O–H groups in total. The van der Waals surface area contributed by atoms with Gasteiger partial charge in [0.2, 0.25) is 0 Å². The third-order valence-corrected chi connectivity index (χ3v) is 7.56. The van der Waals surface area contributed by atoms with Crippen LogP contribution in [0.2, 0.25) is 18.1 Å². The lowest BCUT2D eigenvalue weighted by molar-refractivity contribution is 0.731. The highest BCUT2D eigenvalue weighted by Gasteiger charge is 2.34. The highest BCUT2D eigenvalue weighted by molar-refractivity contribution is 6.87. The predicted molar refractivity (Wildman–Crippen MR) is 57.7 cm³/mol. The van der Waals surface area contributed by atoms with Gasteiger partial charge in [-0.1, -0.05) is 33.9 Å². The maximum Gasteiger partial charge on any atom is 0.137 e. The van der Waals surface area contributed by atoms with Crippen LogP contribution in [-0.2, 0) is 0 Å². The molecule has 0 spiro atoms. The summed E-state index contributed by atoms with van der Waals surface area (Å²) in [6, 6.07) is 0. The second kappa shape index (κ2) is 2.92. The fourth-order valence-corrected chi connectivity index (χ4v) is 1.64. The zero-order valence-electron chi connectivity index (χ0n) is 8.99. The minimum Gasteiger partial charge on any atom is -0.131 e. The summed E-state index contributed by atoms with van der Waals surface area (Å²) in [7, 11) is -1.29. The zero-order valence-corrected chi connectivity index (χ0v) is 9.99. The molecule has 1 aliphatic carbocycles. The molecule has 0 aliphatic heterocycles. The smallest absolute Gasteiger partial charge is 0.131 e. The largest absolute Gasteiger partial charge is 0.137 e. The second-order valence-electron chi connectivity index (χ2n) is 5.42. The van der Waals surface area contributed by atoms with E-state index in [2.05, 4.69) is 45.3 Å². The molecule has 68 valence electrons. The quantitative estimate of drug-likeness (QED) is 0.396. The topological polar surface area (TPSA) is 0 Å². The summed E-state index contributed by atoms with van der Waals surface area (Å²) in [6.45, 7) is 11.7. The molecule has 0 nitrogen and oxygen atoms in total. The van der Waals surface area contributed by atoms with Crippen molar-refractivity contribution in [3.05, 3.63) is 0 Å². The predicted octanol–water partition coefficient (Wildman–Crippen LogP) is 3.45. The van der Waals surface area contributed by atoms with E-state index in [4.69, 9.17) is 0 Å². The van der Waals surface area contributed by atoms with E-state index >= 15 is 0 Å². The molecule has 0 aromatic heterocycles. The summed E-state index contributed by atoms with van der Waals surface area (Å²) >= 11 is 0. The molecule has 1 saturated carbocycles. The van der Waals surface area contributed by atoms with E-state index in [1.807, 2.05) is 0 Å². The van der Waals surface area contributed by atoms with Gasteiger partial charge in [0.05, 0.1) is 0 Å². The first-order chi connectivity index (χ1) is 5.33. The van der Waals surface area contributed by atoms with Crippen LogP contribution in [0.25, 0.3) is 0 Å². The highest BCUT2D eigenvalue weighted by Crippen LogP contribution is 2.36. The van der Waals surface area contributed by atoms with Gasteiger partial charge >= 0.3 is 0 Å². The number of rotatable bonds is 0. The van der Waals surface area contributed by atoms with E-state index in [0.717, 1.165) is 5.92 Å². The van der Waals surface area contributed by atoms with Gasteiger partial charge in [-0.2, -0.15) is 0 Å². The minimum atomic E-state index is -1.29. The Bertz CT molecular complexity index is 218. The van der Waals surface area contributed by atoms with Gasteiger partial charge in [0.25, 0.3) is 0 Å². The van der Waals surface area contributed by atoms with Crippen molar-refractivity contribution < 1.29 is 0 Å². The van der Waals surface area contributed by atoms with Crippen LogP contribution in [0.5, 0.6) is 0 Å². The van der Waals surface area contributed by atoms with Crippen LogP contribution in [-0.4, -0.2) is 8.07 Å². The summed E-state index contributed by atoms with van der Waals surface area (Å²) in [5, 5.41) is 0.425. The van der Waals surface area contributed by atoms with Crippen LogP contribution in [0.4, 0.5) is 0 Å². The van der Waals surface area contributed by atoms with Crippen LogP contribution in [0.15, 0.2) is 0 Å². The van der Waals surface area contributed by atoms with E-state index < -0.39 is 8.07 Å². The van der Waals surface area contributed by atoms with E-state index in [-0.39, 0.29) is 0 Å². The van der Waals surface area contributed by atoms with Crippen molar-refractivity contribution in [3.8, 4) is 11.5 Å². The fraction of sp³-hybridized carbons (Fsp3) is 0.818. The molecule has 0 radical (unpaired) electrons. The van der Waals surface area contributed by atoms with Gasteiger partial charge < -0.3 is 0 Å². The van der Waals surface area contributed by atoms with Crippen molar-refractivity contribution in [3.63, 3.8) is 0 Å². The van der Waals surface area contributed by atoms with Crippen molar-refractivity contribution in [2.45, 2.75) is 51.7 Å². The molecule has 0 atom stereocenters. The fourth-order valence-electron chi connectivity index (χ4n) is 0.698. The maximum atomic E-state index is 3.55. The lowest BCUT2D eigenvalue weighted by Gasteiger charge is -2.31. The number of hydrogen-bond donors (Lipinski definition) is 0. The van der Waals surface area contributed by atoms with Crippen molar-refractivity contribution in [2.75, 3.05) is 0 Å². The standard InChI is InChI=1S/C11H20Si/c1-11(2,3)12(4,5)9-8-10-6-7-10/h10H,6-7H2,1-5H3. The minimum absolute atomic E-state index is 0.425. The third-order valence-electron chi connectivity index (χ3n) is 3.04. The third kappa shape index (κ3) is 2.38.